The van der Waals surface area contributed by atoms with Crippen molar-refractivity contribution in [2.24, 2.45) is 5.73 Å². The maximum atomic E-state index is 11.4. The lowest BCUT2D eigenvalue weighted by molar-refractivity contribution is 0.0994. The molecule has 6 heteroatoms. The van der Waals surface area contributed by atoms with Gasteiger partial charge in [0.1, 0.15) is 0 Å². The number of rotatable bonds is 4. The van der Waals surface area contributed by atoms with Crippen molar-refractivity contribution in [1.82, 2.24) is 9.78 Å². The van der Waals surface area contributed by atoms with E-state index in [2.05, 4.69) is 5.10 Å². The second-order valence-corrected chi connectivity index (χ2v) is 4.03. The zero-order valence-corrected chi connectivity index (χ0v) is 10.5. The lowest BCUT2D eigenvalue weighted by Crippen LogP contribution is -2.15. The van der Waals surface area contributed by atoms with E-state index in [1.165, 1.54) is 7.11 Å². The molecule has 2 rings (SSSR count). The van der Waals surface area contributed by atoms with E-state index in [0.29, 0.717) is 11.1 Å². The molecule has 18 heavy (non-hydrogen) atoms. The van der Waals surface area contributed by atoms with E-state index in [1.807, 2.05) is 0 Å². The number of carbonyl (C=O) groups is 1. The number of nitrogens with zero attached hydrogens (tertiary/aromatic N) is 2. The SMILES string of the molecule is COC(Cl)c1ccc(-n2cccn2)cc1C(N)=O. The number of carbonyl (C=O) groups excluding carboxylic acids is 1. The van der Waals surface area contributed by atoms with Gasteiger partial charge in [-0.25, -0.2) is 4.68 Å². The van der Waals surface area contributed by atoms with Crippen LogP contribution in [0.3, 0.4) is 0 Å². The molecule has 1 amide bonds. The van der Waals surface area contributed by atoms with Gasteiger partial charge in [0.25, 0.3) is 0 Å². The zero-order chi connectivity index (χ0) is 13.1. The summed E-state index contributed by atoms with van der Waals surface area (Å²) in [6, 6.07) is 6.93. The van der Waals surface area contributed by atoms with Gasteiger partial charge in [0.2, 0.25) is 5.91 Å². The monoisotopic (exact) mass is 265 g/mol. The van der Waals surface area contributed by atoms with Gasteiger partial charge in [-0.3, -0.25) is 4.79 Å². The molecule has 1 atom stereocenters. The largest absolute Gasteiger partial charge is 0.366 e. The molecule has 94 valence electrons. The molecule has 0 saturated heterocycles. The molecule has 2 aromatic rings. The number of nitrogens with two attached hydrogens (primary N) is 1. The van der Waals surface area contributed by atoms with Gasteiger partial charge in [-0.05, 0) is 18.2 Å². The highest BCUT2D eigenvalue weighted by Crippen LogP contribution is 2.26. The number of benzene rings is 1. The average molecular weight is 266 g/mol. The predicted octanol–water partition coefficient (Wildman–Crippen LogP) is 1.85. The van der Waals surface area contributed by atoms with Crippen molar-refractivity contribution in [3.63, 3.8) is 0 Å². The molecule has 1 heterocycles. The van der Waals surface area contributed by atoms with Crippen LogP contribution in [0.4, 0.5) is 0 Å². The Balaban J connectivity index is 2.50. The average Bonchev–Trinajstić information content (AvgIpc) is 2.91. The first-order chi connectivity index (χ1) is 8.63. The first-order valence-corrected chi connectivity index (χ1v) is 5.67. The van der Waals surface area contributed by atoms with Gasteiger partial charge in [-0.1, -0.05) is 17.7 Å². The number of amides is 1. The maximum Gasteiger partial charge on any atom is 0.249 e. The number of hydrogen-bond acceptors (Lipinski definition) is 3. The van der Waals surface area contributed by atoms with E-state index in [1.54, 1.807) is 41.3 Å². The Morgan fingerprint density at radius 2 is 2.33 bits per heavy atom. The molecule has 1 aromatic heterocycles. The van der Waals surface area contributed by atoms with Gasteiger partial charge in [-0.15, -0.1) is 0 Å². The van der Waals surface area contributed by atoms with Crippen LogP contribution >= 0.6 is 11.6 Å². The summed E-state index contributed by atoms with van der Waals surface area (Å²) in [5, 5.41) is 4.08. The number of methoxy groups -OCH3 is 1. The number of aromatic nitrogens is 2. The standard InChI is InChI=1S/C12H12ClN3O2/c1-18-11(13)9-4-3-8(7-10(9)12(14)17)16-6-2-5-15-16/h2-7,11H,1H3,(H2,14,17). The van der Waals surface area contributed by atoms with Crippen LogP contribution in [0.2, 0.25) is 0 Å². The smallest absolute Gasteiger partial charge is 0.249 e. The van der Waals surface area contributed by atoms with Crippen LogP contribution < -0.4 is 5.73 Å². The molecule has 0 radical (unpaired) electrons. The summed E-state index contributed by atoms with van der Waals surface area (Å²) in [7, 11) is 1.46. The Labute approximate surface area is 109 Å². The lowest BCUT2D eigenvalue weighted by Gasteiger charge is -2.13. The van der Waals surface area contributed by atoms with Crippen LogP contribution in [0.15, 0.2) is 36.7 Å². The molecule has 0 bridgehead atoms. The number of ether oxygens (including phenoxy) is 1. The van der Waals surface area contributed by atoms with E-state index >= 15 is 0 Å². The van der Waals surface area contributed by atoms with Crippen molar-refractivity contribution < 1.29 is 9.53 Å². The van der Waals surface area contributed by atoms with E-state index < -0.39 is 11.5 Å². The molecule has 0 spiro atoms. The lowest BCUT2D eigenvalue weighted by atomic mass is 10.1. The van der Waals surface area contributed by atoms with Crippen LogP contribution in [0, 0.1) is 0 Å². The Bertz CT molecular complexity index is 554. The van der Waals surface area contributed by atoms with E-state index in [0.717, 1.165) is 5.69 Å². The molecular weight excluding hydrogens is 254 g/mol. The highest BCUT2D eigenvalue weighted by Gasteiger charge is 2.16. The normalized spacial score (nSPS) is 12.3. The summed E-state index contributed by atoms with van der Waals surface area (Å²) in [6.07, 6.45) is 3.42. The molecular formula is C12H12ClN3O2. The number of primary amides is 1. The first kappa shape index (κ1) is 12.6. The van der Waals surface area contributed by atoms with E-state index in [9.17, 15) is 4.79 Å². The zero-order valence-electron chi connectivity index (χ0n) is 9.71. The van der Waals surface area contributed by atoms with Crippen molar-refractivity contribution in [2.75, 3.05) is 7.11 Å². The van der Waals surface area contributed by atoms with Gasteiger partial charge in [0, 0.05) is 30.6 Å². The van der Waals surface area contributed by atoms with Crippen molar-refractivity contribution in [3.8, 4) is 5.69 Å². The molecule has 0 aliphatic rings. The van der Waals surface area contributed by atoms with Crippen LogP contribution in [0.25, 0.3) is 5.69 Å². The fraction of sp³-hybridized carbons (Fsp3) is 0.167. The highest BCUT2D eigenvalue weighted by molar-refractivity contribution is 6.20. The second-order valence-electron chi connectivity index (χ2n) is 3.64. The summed E-state index contributed by atoms with van der Waals surface area (Å²) in [6.45, 7) is 0. The highest BCUT2D eigenvalue weighted by atomic mass is 35.5. The van der Waals surface area contributed by atoms with E-state index in [4.69, 9.17) is 22.1 Å². The van der Waals surface area contributed by atoms with Crippen molar-refractivity contribution >= 4 is 17.5 Å². The minimum Gasteiger partial charge on any atom is -0.366 e. The number of hydrogen-bond donors (Lipinski definition) is 1. The third-order valence-corrected chi connectivity index (χ3v) is 2.94. The van der Waals surface area contributed by atoms with Crippen LogP contribution in [0.5, 0.6) is 0 Å². The molecule has 0 aliphatic carbocycles. The fourth-order valence-corrected chi connectivity index (χ4v) is 1.84. The summed E-state index contributed by atoms with van der Waals surface area (Å²) in [5.41, 5.74) is 6.24. The molecule has 0 fully saturated rings. The summed E-state index contributed by atoms with van der Waals surface area (Å²) >= 11 is 5.96. The van der Waals surface area contributed by atoms with Gasteiger partial charge in [0.15, 0.2) is 5.56 Å². The summed E-state index contributed by atoms with van der Waals surface area (Å²) < 4.78 is 6.62. The van der Waals surface area contributed by atoms with Gasteiger partial charge in [0.05, 0.1) is 5.69 Å². The minimum atomic E-state index is -0.709. The first-order valence-electron chi connectivity index (χ1n) is 5.24. The summed E-state index contributed by atoms with van der Waals surface area (Å²) in [4.78, 5) is 11.4. The quantitative estimate of drug-likeness (QED) is 0.858. The third-order valence-electron chi connectivity index (χ3n) is 2.52. The molecule has 1 aromatic carbocycles. The maximum absolute atomic E-state index is 11.4. The van der Waals surface area contributed by atoms with Crippen LogP contribution in [0.1, 0.15) is 21.5 Å². The van der Waals surface area contributed by atoms with Crippen molar-refractivity contribution in [2.45, 2.75) is 5.56 Å². The van der Waals surface area contributed by atoms with Gasteiger partial charge in [-0.2, -0.15) is 5.10 Å². The predicted molar refractivity (Wildman–Crippen MR) is 67.7 cm³/mol. The Morgan fingerprint density at radius 1 is 1.56 bits per heavy atom. The Hall–Kier alpha value is -1.85. The van der Waals surface area contributed by atoms with Gasteiger partial charge < -0.3 is 10.5 Å². The molecule has 0 saturated carbocycles. The summed E-state index contributed by atoms with van der Waals surface area (Å²) in [5.74, 6) is -0.554. The molecule has 0 aliphatic heterocycles. The number of alkyl halides is 1. The Morgan fingerprint density at radius 3 is 2.89 bits per heavy atom. The topological polar surface area (TPSA) is 70.1 Å². The molecule has 2 N–H and O–H groups in total. The van der Waals surface area contributed by atoms with Crippen LogP contribution in [-0.4, -0.2) is 22.8 Å². The van der Waals surface area contributed by atoms with Gasteiger partial charge >= 0.3 is 0 Å². The van der Waals surface area contributed by atoms with Crippen molar-refractivity contribution in [1.29, 1.82) is 0 Å². The van der Waals surface area contributed by atoms with E-state index in [-0.39, 0.29) is 0 Å². The minimum absolute atomic E-state index is 0.324. The third kappa shape index (κ3) is 2.37. The fourth-order valence-electron chi connectivity index (χ4n) is 1.65. The van der Waals surface area contributed by atoms with Crippen molar-refractivity contribution in [3.05, 3.63) is 47.8 Å². The Kier molecular flexibility index (Phi) is 3.64. The molecule has 5 nitrogen and oxygen atoms in total. The van der Waals surface area contributed by atoms with Crippen LogP contribution in [-0.2, 0) is 4.74 Å². The second kappa shape index (κ2) is 5.20. The molecule has 1 unspecified atom stereocenters. The number of halogens is 1.